The minimum Gasteiger partial charge on any atom is -0.497 e. The van der Waals surface area contributed by atoms with Crippen LogP contribution in [0.15, 0.2) is 48.8 Å². The molecule has 2 aromatic rings. The van der Waals surface area contributed by atoms with Crippen molar-refractivity contribution in [1.82, 2.24) is 10.3 Å². The van der Waals surface area contributed by atoms with Gasteiger partial charge in [0.15, 0.2) is 0 Å². The van der Waals surface area contributed by atoms with Gasteiger partial charge in [0.1, 0.15) is 5.75 Å². The van der Waals surface area contributed by atoms with E-state index in [1.807, 2.05) is 36.4 Å². The summed E-state index contributed by atoms with van der Waals surface area (Å²) in [6, 6.07) is 11.5. The molecule has 2 heterocycles. The number of rotatable bonds is 5. The van der Waals surface area contributed by atoms with E-state index in [4.69, 9.17) is 4.74 Å². The number of pyridine rings is 1. The van der Waals surface area contributed by atoms with Crippen molar-refractivity contribution in [3.8, 4) is 5.75 Å². The van der Waals surface area contributed by atoms with E-state index in [1.165, 1.54) is 0 Å². The Labute approximate surface area is 140 Å². The zero-order chi connectivity index (χ0) is 16.1. The van der Waals surface area contributed by atoms with Crippen molar-refractivity contribution < 1.29 is 9.53 Å². The summed E-state index contributed by atoms with van der Waals surface area (Å²) >= 11 is 1.74. The zero-order valence-electron chi connectivity index (χ0n) is 13.1. The van der Waals surface area contributed by atoms with Gasteiger partial charge in [-0.2, -0.15) is 0 Å². The molecule has 0 aliphatic carbocycles. The third-order valence-electron chi connectivity index (χ3n) is 3.95. The van der Waals surface area contributed by atoms with Crippen molar-refractivity contribution in [3.05, 3.63) is 59.9 Å². The molecular weight excluding hydrogens is 308 g/mol. The Kier molecular flexibility index (Phi) is 5.18. The van der Waals surface area contributed by atoms with Crippen molar-refractivity contribution in [1.29, 1.82) is 0 Å². The van der Waals surface area contributed by atoms with Crippen LogP contribution in [0.1, 0.15) is 30.0 Å². The highest BCUT2D eigenvalue weighted by atomic mass is 32.2. The topological polar surface area (TPSA) is 51.2 Å². The fraction of sp³-hybridized carbons (Fsp3) is 0.333. The van der Waals surface area contributed by atoms with Gasteiger partial charge in [-0.25, -0.2) is 0 Å². The lowest BCUT2D eigenvalue weighted by Crippen LogP contribution is -2.35. The van der Waals surface area contributed by atoms with Crippen molar-refractivity contribution in [2.75, 3.05) is 12.9 Å². The van der Waals surface area contributed by atoms with E-state index in [2.05, 4.69) is 10.3 Å². The molecule has 1 fully saturated rings. The molecule has 23 heavy (non-hydrogen) atoms. The Bertz CT molecular complexity index is 657. The number of carbonyl (C=O) groups is 1. The highest BCUT2D eigenvalue weighted by Gasteiger charge is 2.26. The van der Waals surface area contributed by atoms with Crippen molar-refractivity contribution >= 4 is 17.7 Å². The molecule has 3 rings (SSSR count). The number of methoxy groups -OCH3 is 1. The minimum atomic E-state index is -0.215. The van der Waals surface area contributed by atoms with Crippen LogP contribution in [0.3, 0.4) is 0 Å². The molecule has 0 radical (unpaired) electrons. The molecule has 5 heteroatoms. The van der Waals surface area contributed by atoms with Gasteiger partial charge >= 0.3 is 0 Å². The first-order valence-electron chi connectivity index (χ1n) is 7.74. The lowest BCUT2D eigenvalue weighted by Gasteiger charge is -2.21. The van der Waals surface area contributed by atoms with Gasteiger partial charge < -0.3 is 10.1 Å². The molecule has 1 aromatic heterocycles. The van der Waals surface area contributed by atoms with E-state index in [1.54, 1.807) is 31.3 Å². The Balaban J connectivity index is 1.88. The van der Waals surface area contributed by atoms with Gasteiger partial charge in [-0.05, 0) is 47.9 Å². The summed E-state index contributed by atoms with van der Waals surface area (Å²) < 4.78 is 5.31. The maximum atomic E-state index is 12.6. The molecule has 120 valence electrons. The fourth-order valence-corrected chi connectivity index (χ4v) is 3.92. The summed E-state index contributed by atoms with van der Waals surface area (Å²) in [6.07, 6.45) is 5.60. The van der Waals surface area contributed by atoms with E-state index in [0.717, 1.165) is 35.5 Å². The van der Waals surface area contributed by atoms with E-state index in [-0.39, 0.29) is 17.2 Å². The Morgan fingerprint density at radius 2 is 2.22 bits per heavy atom. The molecule has 0 unspecified atom stereocenters. The average Bonchev–Trinajstić information content (AvgIpc) is 3.15. The quantitative estimate of drug-likeness (QED) is 0.916. The number of aromatic nitrogens is 1. The van der Waals surface area contributed by atoms with Gasteiger partial charge in [0.2, 0.25) is 5.91 Å². The zero-order valence-corrected chi connectivity index (χ0v) is 13.9. The van der Waals surface area contributed by atoms with E-state index >= 15 is 0 Å². The van der Waals surface area contributed by atoms with E-state index < -0.39 is 0 Å². The van der Waals surface area contributed by atoms with Crippen LogP contribution in [-0.2, 0) is 4.79 Å². The molecular formula is C18H20N2O2S. The molecule has 1 aromatic carbocycles. The number of hydrogen-bond acceptors (Lipinski definition) is 4. The second-order valence-corrected chi connectivity index (χ2v) is 6.82. The molecule has 1 saturated heterocycles. The third-order valence-corrected chi connectivity index (χ3v) is 5.33. The van der Waals surface area contributed by atoms with Crippen LogP contribution in [0, 0.1) is 0 Å². The second kappa shape index (κ2) is 7.51. The van der Waals surface area contributed by atoms with Gasteiger partial charge in [-0.3, -0.25) is 9.78 Å². The number of thioether (sulfide) groups is 1. The van der Waals surface area contributed by atoms with Gasteiger partial charge in [-0.15, -0.1) is 11.8 Å². The van der Waals surface area contributed by atoms with Gasteiger partial charge in [0.05, 0.1) is 18.4 Å². The first-order valence-corrected chi connectivity index (χ1v) is 8.78. The number of carbonyl (C=O) groups excluding carboxylic acids is 1. The fourth-order valence-electron chi connectivity index (χ4n) is 2.75. The summed E-state index contributed by atoms with van der Waals surface area (Å²) in [4.78, 5) is 16.8. The molecule has 1 aliphatic heterocycles. The van der Waals surface area contributed by atoms with Gasteiger partial charge in [0.25, 0.3) is 0 Å². The number of hydrogen-bond donors (Lipinski definition) is 1. The molecule has 0 saturated carbocycles. The largest absolute Gasteiger partial charge is 0.497 e. The van der Waals surface area contributed by atoms with Crippen LogP contribution >= 0.6 is 11.8 Å². The minimum absolute atomic E-state index is 0.0554. The number of ether oxygens (including phenoxy) is 1. The van der Waals surface area contributed by atoms with Crippen molar-refractivity contribution in [2.45, 2.75) is 24.1 Å². The first kappa shape index (κ1) is 15.9. The maximum Gasteiger partial charge on any atom is 0.233 e. The standard InChI is InChI=1S/C18H20N2O2S/c1-22-15-7-2-5-13(11-15)17(14-6-3-9-19-12-14)20-18(21)16-8-4-10-23-16/h2-3,5-7,9,11-12,16-17H,4,8,10H2,1H3,(H,20,21)/t16-,17-/m0/s1. The summed E-state index contributed by atoms with van der Waals surface area (Å²) in [5, 5.41) is 3.24. The lowest BCUT2D eigenvalue weighted by atomic mass is 9.99. The summed E-state index contributed by atoms with van der Waals surface area (Å²) in [5.41, 5.74) is 1.96. The van der Waals surface area contributed by atoms with E-state index in [9.17, 15) is 4.79 Å². The van der Waals surface area contributed by atoms with Gasteiger partial charge in [0, 0.05) is 12.4 Å². The monoisotopic (exact) mass is 328 g/mol. The maximum absolute atomic E-state index is 12.6. The number of benzene rings is 1. The Morgan fingerprint density at radius 1 is 1.35 bits per heavy atom. The lowest BCUT2D eigenvalue weighted by molar-refractivity contribution is -0.121. The second-order valence-electron chi connectivity index (χ2n) is 5.51. The SMILES string of the molecule is COc1cccc([C@H](NC(=O)[C@@H]2CCCS2)c2cccnc2)c1. The average molecular weight is 328 g/mol. The molecule has 2 atom stereocenters. The molecule has 1 amide bonds. The summed E-state index contributed by atoms with van der Waals surface area (Å²) in [7, 11) is 1.64. The normalized spacial score (nSPS) is 18.4. The van der Waals surface area contributed by atoms with Crippen LogP contribution in [0.2, 0.25) is 0 Å². The molecule has 1 aliphatic rings. The van der Waals surface area contributed by atoms with Crippen LogP contribution in [0.4, 0.5) is 0 Å². The Hall–Kier alpha value is -2.01. The summed E-state index contributed by atoms with van der Waals surface area (Å²) in [6.45, 7) is 0. The number of nitrogens with zero attached hydrogens (tertiary/aromatic N) is 1. The van der Waals surface area contributed by atoms with Crippen LogP contribution in [-0.4, -0.2) is 29.0 Å². The van der Waals surface area contributed by atoms with E-state index in [0.29, 0.717) is 0 Å². The van der Waals surface area contributed by atoms with Crippen molar-refractivity contribution in [2.24, 2.45) is 0 Å². The first-order chi connectivity index (χ1) is 11.3. The molecule has 0 bridgehead atoms. The molecule has 1 N–H and O–H groups in total. The Morgan fingerprint density at radius 3 is 2.91 bits per heavy atom. The number of nitrogens with one attached hydrogen (secondary N) is 1. The number of amides is 1. The molecule has 0 spiro atoms. The molecule has 4 nitrogen and oxygen atoms in total. The van der Waals surface area contributed by atoms with Crippen LogP contribution in [0.5, 0.6) is 5.75 Å². The highest BCUT2D eigenvalue weighted by molar-refractivity contribution is 8.00. The van der Waals surface area contributed by atoms with Crippen LogP contribution < -0.4 is 10.1 Å². The smallest absolute Gasteiger partial charge is 0.233 e. The third kappa shape index (κ3) is 3.85. The van der Waals surface area contributed by atoms with Gasteiger partial charge in [-0.1, -0.05) is 18.2 Å². The summed E-state index contributed by atoms with van der Waals surface area (Å²) in [5.74, 6) is 1.94. The van der Waals surface area contributed by atoms with Crippen molar-refractivity contribution in [3.63, 3.8) is 0 Å². The van der Waals surface area contributed by atoms with Crippen LogP contribution in [0.25, 0.3) is 0 Å². The predicted octanol–water partition coefficient (Wildman–Crippen LogP) is 3.19. The highest BCUT2D eigenvalue weighted by Crippen LogP contribution is 2.29. The predicted molar refractivity (Wildman–Crippen MR) is 92.7 cm³/mol.